The van der Waals surface area contributed by atoms with Gasteiger partial charge in [0.15, 0.2) is 0 Å². The van der Waals surface area contributed by atoms with Crippen LogP contribution in [0.1, 0.15) is 33.3 Å². The molecule has 118 valence electrons. The summed E-state index contributed by atoms with van der Waals surface area (Å²) in [6.07, 6.45) is 0. The molecule has 0 bridgehead atoms. The molecule has 0 spiro atoms. The molecule has 0 aliphatic carbocycles. The van der Waals surface area contributed by atoms with Crippen molar-refractivity contribution in [2.45, 2.75) is 39.0 Å². The number of carbonyl (C=O) groups is 2. The van der Waals surface area contributed by atoms with E-state index in [2.05, 4.69) is 0 Å². The number of nitrogens with zero attached hydrogens (tertiary/aromatic N) is 1. The van der Waals surface area contributed by atoms with Gasteiger partial charge >= 0.3 is 0 Å². The summed E-state index contributed by atoms with van der Waals surface area (Å²) >= 11 is 1.43. The van der Waals surface area contributed by atoms with Crippen molar-refractivity contribution in [3.8, 4) is 5.75 Å². The lowest BCUT2D eigenvalue weighted by Crippen LogP contribution is -2.37. The fraction of sp³-hybridized carbons (Fsp3) is 0.412. The van der Waals surface area contributed by atoms with E-state index in [1.807, 2.05) is 45.9 Å². The summed E-state index contributed by atoms with van der Waals surface area (Å²) in [5, 5.41) is 0.212. The van der Waals surface area contributed by atoms with Crippen LogP contribution >= 0.6 is 11.8 Å². The maximum Gasteiger partial charge on any atom is 0.268 e. The van der Waals surface area contributed by atoms with E-state index < -0.39 is 0 Å². The van der Waals surface area contributed by atoms with E-state index in [1.54, 1.807) is 13.2 Å². The molecule has 0 N–H and O–H groups in total. The molecule has 2 rings (SSSR count). The number of methoxy groups -OCH3 is 1. The van der Waals surface area contributed by atoms with Crippen molar-refractivity contribution in [2.75, 3.05) is 7.11 Å². The van der Waals surface area contributed by atoms with E-state index in [-0.39, 0.29) is 23.1 Å². The Hall–Kier alpha value is -1.75. The molecule has 0 saturated heterocycles. The van der Waals surface area contributed by atoms with Crippen molar-refractivity contribution >= 4 is 29.1 Å². The highest BCUT2D eigenvalue weighted by molar-refractivity contribution is 8.04. The molecule has 2 amide bonds. The molecule has 0 fully saturated rings. The Morgan fingerprint density at radius 3 is 2.23 bits per heavy atom. The van der Waals surface area contributed by atoms with E-state index >= 15 is 0 Å². The smallest absolute Gasteiger partial charge is 0.268 e. The van der Waals surface area contributed by atoms with Crippen molar-refractivity contribution in [3.63, 3.8) is 0 Å². The molecule has 1 aliphatic rings. The van der Waals surface area contributed by atoms with E-state index in [9.17, 15) is 9.59 Å². The summed E-state index contributed by atoms with van der Waals surface area (Å²) < 4.78 is 5.36. The van der Waals surface area contributed by atoms with Crippen molar-refractivity contribution in [1.29, 1.82) is 0 Å². The lowest BCUT2D eigenvalue weighted by atomic mass is 10.0. The predicted octanol–water partition coefficient (Wildman–Crippen LogP) is 3.33. The molecule has 5 heteroatoms. The Morgan fingerprint density at radius 2 is 1.68 bits per heavy atom. The van der Waals surface area contributed by atoms with Crippen LogP contribution in [0.2, 0.25) is 0 Å². The highest BCUT2D eigenvalue weighted by atomic mass is 32.2. The van der Waals surface area contributed by atoms with E-state index in [1.165, 1.54) is 16.7 Å². The summed E-state index contributed by atoms with van der Waals surface area (Å²) in [5.41, 5.74) is 1.13. The van der Waals surface area contributed by atoms with Crippen LogP contribution in [-0.4, -0.2) is 35.1 Å². The number of hydrogen-bond donors (Lipinski definition) is 0. The minimum atomic E-state index is -0.243. The number of rotatable bonds is 5. The van der Waals surface area contributed by atoms with Gasteiger partial charge in [0.05, 0.1) is 17.6 Å². The summed E-state index contributed by atoms with van der Waals surface area (Å²) in [6, 6.07) is 7.15. The highest BCUT2D eigenvalue weighted by Crippen LogP contribution is 2.41. The van der Waals surface area contributed by atoms with Crippen LogP contribution in [0.5, 0.6) is 5.75 Å². The molecule has 1 aliphatic heterocycles. The molecular formula is C17H21NO3S. The minimum absolute atomic E-state index is 0.171. The summed E-state index contributed by atoms with van der Waals surface area (Å²) in [5.74, 6) is 0.151. The number of imide groups is 1. The Balaban J connectivity index is 2.62. The first kappa shape index (κ1) is 16.6. The van der Waals surface area contributed by atoms with Gasteiger partial charge in [-0.1, -0.05) is 32.0 Å². The van der Waals surface area contributed by atoms with Crippen LogP contribution in [-0.2, 0) is 9.59 Å². The number of amides is 2. The van der Waals surface area contributed by atoms with E-state index in [0.717, 1.165) is 0 Å². The van der Waals surface area contributed by atoms with E-state index in [0.29, 0.717) is 21.8 Å². The molecule has 0 atom stereocenters. The van der Waals surface area contributed by atoms with Gasteiger partial charge in [0.1, 0.15) is 5.75 Å². The SMILES string of the molecule is COc1ccccc1C1=C(SC(C)C)C(=O)N(C(C)C)C1=O. The van der Waals surface area contributed by atoms with Gasteiger partial charge in [-0.15, -0.1) is 11.8 Å². The van der Waals surface area contributed by atoms with Gasteiger partial charge in [0.2, 0.25) is 0 Å². The standard InChI is InChI=1S/C17H21NO3S/c1-10(2)18-16(19)14(15(17(18)20)22-11(3)4)12-8-6-7-9-13(12)21-5/h6-11H,1-5H3. The molecular weight excluding hydrogens is 298 g/mol. The number of hydrogen-bond acceptors (Lipinski definition) is 4. The third-order valence-electron chi connectivity index (χ3n) is 3.32. The third kappa shape index (κ3) is 2.90. The number of ether oxygens (including phenoxy) is 1. The van der Waals surface area contributed by atoms with E-state index in [4.69, 9.17) is 4.74 Å². The third-order valence-corrected chi connectivity index (χ3v) is 4.40. The van der Waals surface area contributed by atoms with Crippen LogP contribution in [0.3, 0.4) is 0 Å². The monoisotopic (exact) mass is 319 g/mol. The second-order valence-electron chi connectivity index (χ2n) is 5.65. The normalized spacial score (nSPS) is 15.5. The van der Waals surface area contributed by atoms with Crippen molar-refractivity contribution in [2.24, 2.45) is 0 Å². The zero-order valence-corrected chi connectivity index (χ0v) is 14.4. The maximum atomic E-state index is 12.8. The number of thioether (sulfide) groups is 1. The van der Waals surface area contributed by atoms with Crippen LogP contribution in [0.25, 0.3) is 5.57 Å². The van der Waals surface area contributed by atoms with Crippen LogP contribution in [0.4, 0.5) is 0 Å². The number of para-hydroxylation sites is 1. The largest absolute Gasteiger partial charge is 0.496 e. The van der Waals surface area contributed by atoms with Crippen LogP contribution < -0.4 is 4.74 Å². The second-order valence-corrected chi connectivity index (χ2v) is 7.23. The van der Waals surface area contributed by atoms with Gasteiger partial charge in [-0.3, -0.25) is 14.5 Å². The molecule has 22 heavy (non-hydrogen) atoms. The minimum Gasteiger partial charge on any atom is -0.496 e. The van der Waals surface area contributed by atoms with Gasteiger partial charge in [0.25, 0.3) is 11.8 Å². The summed E-state index contributed by atoms with van der Waals surface area (Å²) in [7, 11) is 1.57. The molecule has 0 radical (unpaired) electrons. The summed E-state index contributed by atoms with van der Waals surface area (Å²) in [4.78, 5) is 27.3. The predicted molar refractivity (Wildman–Crippen MR) is 89.6 cm³/mol. The van der Waals surface area contributed by atoms with Gasteiger partial charge in [-0.05, 0) is 19.9 Å². The van der Waals surface area contributed by atoms with Crippen LogP contribution in [0, 0.1) is 0 Å². The zero-order chi connectivity index (χ0) is 16.4. The summed E-state index contributed by atoms with van der Waals surface area (Å²) in [6.45, 7) is 7.71. The average Bonchev–Trinajstić information content (AvgIpc) is 2.69. The van der Waals surface area contributed by atoms with Crippen molar-refractivity contribution in [3.05, 3.63) is 34.7 Å². The van der Waals surface area contributed by atoms with Gasteiger partial charge < -0.3 is 4.74 Å². The fourth-order valence-electron chi connectivity index (χ4n) is 2.43. The lowest BCUT2D eigenvalue weighted by Gasteiger charge is -2.19. The Labute approximate surface area is 135 Å². The highest BCUT2D eigenvalue weighted by Gasteiger charge is 2.41. The molecule has 1 heterocycles. The molecule has 0 aromatic heterocycles. The quantitative estimate of drug-likeness (QED) is 0.781. The molecule has 0 unspecified atom stereocenters. The average molecular weight is 319 g/mol. The first-order valence-electron chi connectivity index (χ1n) is 7.30. The molecule has 0 saturated carbocycles. The van der Waals surface area contributed by atoms with Crippen molar-refractivity contribution < 1.29 is 14.3 Å². The van der Waals surface area contributed by atoms with Gasteiger partial charge in [0, 0.05) is 16.9 Å². The van der Waals surface area contributed by atoms with Gasteiger partial charge in [-0.2, -0.15) is 0 Å². The number of benzene rings is 1. The first-order chi connectivity index (χ1) is 10.4. The number of carbonyl (C=O) groups excluding carboxylic acids is 2. The second kappa shape index (κ2) is 6.57. The Morgan fingerprint density at radius 1 is 1.05 bits per heavy atom. The molecule has 1 aromatic rings. The first-order valence-corrected chi connectivity index (χ1v) is 8.18. The topological polar surface area (TPSA) is 46.6 Å². The Kier molecular flexibility index (Phi) is 4.96. The van der Waals surface area contributed by atoms with Crippen molar-refractivity contribution in [1.82, 2.24) is 4.90 Å². The Bertz CT molecular complexity index is 635. The van der Waals surface area contributed by atoms with Gasteiger partial charge in [-0.25, -0.2) is 0 Å². The van der Waals surface area contributed by atoms with Crippen LogP contribution in [0.15, 0.2) is 29.2 Å². The molecule has 4 nitrogen and oxygen atoms in total. The maximum absolute atomic E-state index is 12.8. The fourth-order valence-corrected chi connectivity index (χ4v) is 3.41. The lowest BCUT2D eigenvalue weighted by molar-refractivity contribution is -0.138. The molecule has 1 aromatic carbocycles. The zero-order valence-electron chi connectivity index (χ0n) is 13.5.